The molecule has 0 amide bonds. The van der Waals surface area contributed by atoms with Crippen LogP contribution in [0.1, 0.15) is 85.5 Å². The van der Waals surface area contributed by atoms with Gasteiger partial charge in [0.25, 0.3) is 0 Å². The van der Waals surface area contributed by atoms with Gasteiger partial charge in [-0.2, -0.15) is 0 Å². The molecule has 4 aliphatic carbocycles. The van der Waals surface area contributed by atoms with Crippen LogP contribution in [0.5, 0.6) is 0 Å². The van der Waals surface area contributed by atoms with Crippen molar-refractivity contribution in [2.24, 2.45) is 27.6 Å². The average Bonchev–Trinajstić information content (AvgIpc) is 3.35. The number of rotatable bonds is 9. The van der Waals surface area contributed by atoms with Crippen molar-refractivity contribution in [3.05, 3.63) is 12.2 Å². The van der Waals surface area contributed by atoms with Crippen LogP contribution in [0.4, 0.5) is 0 Å². The van der Waals surface area contributed by atoms with E-state index in [4.69, 9.17) is 28.4 Å². The van der Waals surface area contributed by atoms with Crippen LogP contribution >= 0.6 is 0 Å². The van der Waals surface area contributed by atoms with Gasteiger partial charge in [0, 0.05) is 0 Å². The SMILES string of the molecule is C=C1C[C@@]23CC[C@]4(C)C(C)(C)CCCC4(C)[C@@H]2CCC1(O[C@@H]1OC(CO)[C@@H](O)C(O[C@@H]2OC(CO)[C@@H](O)C(O)[C@H]2O)[C@H]1O[C@@H]1OC(CO)[C@@H](O)C(O)[C@H]1O)C3. The Kier molecular flexibility index (Phi) is 11.5. The lowest BCUT2D eigenvalue weighted by Gasteiger charge is -2.70. The summed E-state index contributed by atoms with van der Waals surface area (Å²) in [4.78, 5) is 0. The third kappa shape index (κ3) is 6.50. The van der Waals surface area contributed by atoms with E-state index in [1.807, 2.05) is 0 Å². The fourth-order valence-corrected chi connectivity index (χ4v) is 12.3. The normalized spacial score (nSPS) is 55.1. The average molecular weight is 789 g/mol. The second kappa shape index (κ2) is 15.0. The smallest absolute Gasteiger partial charge is 0.188 e. The summed E-state index contributed by atoms with van der Waals surface area (Å²) in [6.45, 7) is 12.1. The maximum Gasteiger partial charge on any atom is 0.188 e. The number of hydrogen-bond acceptors (Lipinski definition) is 16. The number of ether oxygens (including phenoxy) is 6. The third-order valence-corrected chi connectivity index (χ3v) is 16.0. The molecular formula is C39H64O16. The highest BCUT2D eigenvalue weighted by Gasteiger charge is 2.71. The highest BCUT2D eigenvalue weighted by molar-refractivity contribution is 5.31. The molecular weight excluding hydrogens is 724 g/mol. The Balaban J connectivity index is 1.22. The van der Waals surface area contributed by atoms with Crippen molar-refractivity contribution in [2.75, 3.05) is 19.8 Å². The van der Waals surface area contributed by atoms with Crippen LogP contribution in [-0.4, -0.2) is 169 Å². The van der Waals surface area contributed by atoms with E-state index in [9.17, 15) is 51.1 Å². The lowest BCUT2D eigenvalue weighted by Crippen LogP contribution is -2.68. The van der Waals surface area contributed by atoms with Gasteiger partial charge in [0.05, 0.1) is 25.4 Å². The quantitative estimate of drug-likeness (QED) is 0.0988. The van der Waals surface area contributed by atoms with Crippen LogP contribution in [-0.2, 0) is 28.4 Å². The van der Waals surface area contributed by atoms with Crippen LogP contribution < -0.4 is 0 Å². The first-order valence-corrected chi connectivity index (χ1v) is 20.0. The zero-order chi connectivity index (χ0) is 40.0. The summed E-state index contributed by atoms with van der Waals surface area (Å²) in [6, 6.07) is 0. The predicted octanol–water partition coefficient (Wildman–Crippen LogP) is -1.05. The van der Waals surface area contributed by atoms with Crippen molar-refractivity contribution in [3.63, 3.8) is 0 Å². The summed E-state index contributed by atoms with van der Waals surface area (Å²) < 4.78 is 37.0. The van der Waals surface area contributed by atoms with E-state index in [1.165, 1.54) is 12.8 Å². The van der Waals surface area contributed by atoms with Gasteiger partial charge in [0.1, 0.15) is 73.2 Å². The number of fused-ring (bicyclic) bond motifs is 3. The van der Waals surface area contributed by atoms with Gasteiger partial charge in [-0.15, -0.1) is 0 Å². The van der Waals surface area contributed by atoms with E-state index in [-0.39, 0.29) is 21.7 Å². The lowest BCUT2D eigenvalue weighted by molar-refractivity contribution is -0.400. The molecule has 7 fully saturated rings. The van der Waals surface area contributed by atoms with Gasteiger partial charge in [-0.25, -0.2) is 0 Å². The van der Waals surface area contributed by atoms with Crippen molar-refractivity contribution in [1.29, 1.82) is 0 Å². The first-order valence-electron chi connectivity index (χ1n) is 20.0. The molecule has 16 heteroatoms. The minimum Gasteiger partial charge on any atom is -0.394 e. The van der Waals surface area contributed by atoms with E-state index in [1.54, 1.807) is 0 Å². The van der Waals surface area contributed by atoms with Crippen LogP contribution in [0.3, 0.4) is 0 Å². The summed E-state index contributed by atoms with van der Waals surface area (Å²) in [5.41, 5.74) is 0.282. The van der Waals surface area contributed by atoms with Crippen molar-refractivity contribution in [2.45, 2.75) is 183 Å². The molecule has 8 unspecified atom stereocenters. The van der Waals surface area contributed by atoms with Crippen LogP contribution in [0.2, 0.25) is 0 Å². The fourth-order valence-electron chi connectivity index (χ4n) is 12.3. The van der Waals surface area contributed by atoms with Crippen molar-refractivity contribution >= 4 is 0 Å². The Morgan fingerprint density at radius 1 is 0.618 bits per heavy atom. The van der Waals surface area contributed by atoms with Crippen LogP contribution in [0.15, 0.2) is 12.2 Å². The molecule has 316 valence electrons. The fraction of sp³-hybridized carbons (Fsp3) is 0.949. The Labute approximate surface area is 322 Å². The minimum absolute atomic E-state index is 0.0936. The molecule has 0 radical (unpaired) electrons. The minimum atomic E-state index is -1.88. The van der Waals surface area contributed by atoms with E-state index in [0.29, 0.717) is 18.8 Å². The molecule has 7 rings (SSSR count). The van der Waals surface area contributed by atoms with E-state index in [0.717, 1.165) is 37.7 Å². The van der Waals surface area contributed by atoms with Crippen molar-refractivity contribution in [1.82, 2.24) is 0 Å². The highest BCUT2D eigenvalue weighted by atomic mass is 16.8. The summed E-state index contributed by atoms with van der Waals surface area (Å²) in [5.74, 6) is 0.414. The van der Waals surface area contributed by atoms with Gasteiger partial charge in [-0.1, -0.05) is 40.7 Å². The highest BCUT2D eigenvalue weighted by Crippen LogP contribution is 2.77. The number of aliphatic hydroxyl groups excluding tert-OH is 10. The van der Waals surface area contributed by atoms with E-state index < -0.39 is 118 Å². The Hall–Kier alpha value is -0.900. The molecule has 7 aliphatic rings. The number of hydrogen-bond donors (Lipinski definition) is 10. The second-order valence-corrected chi connectivity index (χ2v) is 18.8. The Bertz CT molecular complexity index is 1400. The summed E-state index contributed by atoms with van der Waals surface area (Å²) in [7, 11) is 0. The standard InChI is InChI=1S/C39H64O16/c1-18-13-38-12-11-37(5)35(2,3)8-6-9-36(37,4)22(38)7-10-39(18,17-38)55-34-31(54-33-29(49)27(47)24(44)20(15-41)51-33)30(25(45)21(16-42)52-34)53-32-28(48)26(46)23(43)19(14-40)50-32/h19-34,40-49H,1,6-17H2,2-5H3/t19?,20?,21?,22-,23+,24+,25+,26?,27?,28+,29+,30?,31+,32-,33-,34-,36?,37+,38+,39?/m0/s1. The molecule has 3 aliphatic heterocycles. The maximum absolute atomic E-state index is 11.6. The molecule has 3 heterocycles. The monoisotopic (exact) mass is 788 g/mol. The zero-order valence-corrected chi connectivity index (χ0v) is 32.4. The predicted molar refractivity (Wildman–Crippen MR) is 189 cm³/mol. The molecule has 55 heavy (non-hydrogen) atoms. The molecule has 0 aromatic rings. The van der Waals surface area contributed by atoms with Gasteiger partial charge in [0.15, 0.2) is 18.9 Å². The van der Waals surface area contributed by atoms with Crippen LogP contribution in [0, 0.1) is 27.6 Å². The van der Waals surface area contributed by atoms with Gasteiger partial charge in [-0.3, -0.25) is 0 Å². The van der Waals surface area contributed by atoms with E-state index in [2.05, 4.69) is 34.3 Å². The molecule has 16 nitrogen and oxygen atoms in total. The summed E-state index contributed by atoms with van der Waals surface area (Å²) in [6.07, 6.45) is -16.3. The summed E-state index contributed by atoms with van der Waals surface area (Å²) >= 11 is 0. The zero-order valence-electron chi connectivity index (χ0n) is 32.4. The third-order valence-electron chi connectivity index (χ3n) is 16.0. The molecule has 2 bridgehead atoms. The molecule has 0 aromatic heterocycles. The topological polar surface area (TPSA) is 258 Å². The molecule has 3 saturated heterocycles. The van der Waals surface area contributed by atoms with Crippen molar-refractivity contribution in [3.8, 4) is 0 Å². The molecule has 1 spiro atoms. The van der Waals surface area contributed by atoms with Gasteiger partial charge >= 0.3 is 0 Å². The van der Waals surface area contributed by atoms with Crippen LogP contribution in [0.25, 0.3) is 0 Å². The van der Waals surface area contributed by atoms with Gasteiger partial charge in [0.2, 0.25) is 0 Å². The first kappa shape index (κ1) is 42.2. The lowest BCUT2D eigenvalue weighted by atomic mass is 9.35. The Morgan fingerprint density at radius 2 is 1.15 bits per heavy atom. The Morgan fingerprint density at radius 3 is 1.71 bits per heavy atom. The number of aliphatic hydroxyl groups is 10. The molecule has 10 N–H and O–H groups in total. The molecule has 20 atom stereocenters. The molecule has 0 aromatic carbocycles. The largest absolute Gasteiger partial charge is 0.394 e. The van der Waals surface area contributed by atoms with Gasteiger partial charge in [-0.05, 0) is 84.5 Å². The summed E-state index contributed by atoms with van der Waals surface area (Å²) in [5, 5.41) is 106. The van der Waals surface area contributed by atoms with Crippen molar-refractivity contribution < 1.29 is 79.5 Å². The van der Waals surface area contributed by atoms with E-state index >= 15 is 0 Å². The first-order chi connectivity index (χ1) is 25.8. The maximum atomic E-state index is 11.6. The van der Waals surface area contributed by atoms with Gasteiger partial charge < -0.3 is 79.5 Å². The second-order valence-electron chi connectivity index (χ2n) is 18.8. The molecule has 4 saturated carbocycles.